The minimum Gasteiger partial charge on any atom is -0.495 e. The molecule has 1 amide bonds. The van der Waals surface area contributed by atoms with E-state index in [9.17, 15) is 4.79 Å². The molecule has 0 aliphatic rings. The molecule has 0 spiro atoms. The van der Waals surface area contributed by atoms with Crippen LogP contribution in [-0.4, -0.2) is 19.1 Å². The van der Waals surface area contributed by atoms with Crippen LogP contribution in [0.15, 0.2) is 54.6 Å². The molecule has 2 aromatic carbocycles. The van der Waals surface area contributed by atoms with Crippen LogP contribution in [0.25, 0.3) is 0 Å². The predicted molar refractivity (Wildman–Crippen MR) is 79.7 cm³/mol. The molecule has 2 aromatic rings. The van der Waals surface area contributed by atoms with Crippen molar-refractivity contribution in [1.29, 1.82) is 0 Å². The molecule has 0 aliphatic heterocycles. The van der Waals surface area contributed by atoms with Crippen molar-refractivity contribution in [2.75, 3.05) is 12.4 Å². The molecule has 4 nitrogen and oxygen atoms in total. The van der Waals surface area contributed by atoms with Crippen LogP contribution in [0.2, 0.25) is 0 Å². The van der Waals surface area contributed by atoms with Crippen LogP contribution in [0.3, 0.4) is 0 Å². The quantitative estimate of drug-likeness (QED) is 0.875. The third-order valence-electron chi connectivity index (χ3n) is 3.00. The molecule has 0 saturated heterocycles. The van der Waals surface area contributed by atoms with Crippen molar-refractivity contribution in [1.82, 2.24) is 0 Å². The van der Waals surface area contributed by atoms with Crippen molar-refractivity contribution < 1.29 is 9.53 Å². The molecular formula is C16H18N2O2. The van der Waals surface area contributed by atoms with Crippen molar-refractivity contribution in [2.45, 2.75) is 12.5 Å². The molecule has 0 aliphatic carbocycles. The summed E-state index contributed by atoms with van der Waals surface area (Å²) in [5, 5.41) is 2.79. The lowest BCUT2D eigenvalue weighted by atomic mass is 10.1. The number of methoxy groups -OCH3 is 1. The van der Waals surface area contributed by atoms with Gasteiger partial charge in [-0.15, -0.1) is 0 Å². The maximum Gasteiger partial charge on any atom is 0.241 e. The lowest BCUT2D eigenvalue weighted by Gasteiger charge is -2.14. The number of rotatable bonds is 5. The first-order valence-electron chi connectivity index (χ1n) is 6.44. The number of ether oxygens (including phenoxy) is 1. The van der Waals surface area contributed by atoms with E-state index in [0.717, 1.165) is 5.56 Å². The van der Waals surface area contributed by atoms with E-state index in [-0.39, 0.29) is 5.91 Å². The molecule has 20 heavy (non-hydrogen) atoms. The van der Waals surface area contributed by atoms with E-state index in [1.807, 2.05) is 42.5 Å². The molecule has 0 fully saturated rings. The van der Waals surface area contributed by atoms with E-state index in [1.165, 1.54) is 0 Å². The monoisotopic (exact) mass is 270 g/mol. The first kappa shape index (κ1) is 14.1. The largest absolute Gasteiger partial charge is 0.495 e. The number of carbonyl (C=O) groups is 1. The third kappa shape index (κ3) is 3.59. The zero-order valence-electron chi connectivity index (χ0n) is 11.4. The van der Waals surface area contributed by atoms with Crippen molar-refractivity contribution in [2.24, 2.45) is 5.73 Å². The highest BCUT2D eigenvalue weighted by atomic mass is 16.5. The maximum atomic E-state index is 12.1. The molecule has 0 bridgehead atoms. The van der Waals surface area contributed by atoms with Gasteiger partial charge < -0.3 is 15.8 Å². The average Bonchev–Trinajstić information content (AvgIpc) is 2.48. The summed E-state index contributed by atoms with van der Waals surface area (Å²) in [7, 11) is 1.56. The van der Waals surface area contributed by atoms with Crippen LogP contribution < -0.4 is 15.8 Å². The number of amides is 1. The Balaban J connectivity index is 2.01. The lowest BCUT2D eigenvalue weighted by Crippen LogP contribution is -2.37. The molecule has 2 rings (SSSR count). The Bertz CT molecular complexity index is 570. The average molecular weight is 270 g/mol. The second-order valence-electron chi connectivity index (χ2n) is 4.49. The van der Waals surface area contributed by atoms with Gasteiger partial charge in [-0.25, -0.2) is 0 Å². The van der Waals surface area contributed by atoms with Gasteiger partial charge in [0.2, 0.25) is 5.91 Å². The summed E-state index contributed by atoms with van der Waals surface area (Å²) < 4.78 is 5.19. The van der Waals surface area contributed by atoms with Gasteiger partial charge >= 0.3 is 0 Å². The predicted octanol–water partition coefficient (Wildman–Crippen LogP) is 2.20. The molecule has 0 unspecified atom stereocenters. The Morgan fingerprint density at radius 1 is 1.15 bits per heavy atom. The summed E-state index contributed by atoms with van der Waals surface area (Å²) in [5.74, 6) is 0.395. The van der Waals surface area contributed by atoms with Crippen molar-refractivity contribution in [3.63, 3.8) is 0 Å². The number of hydrogen-bond acceptors (Lipinski definition) is 3. The number of carbonyl (C=O) groups excluding carboxylic acids is 1. The topological polar surface area (TPSA) is 64.3 Å². The summed E-state index contributed by atoms with van der Waals surface area (Å²) in [6, 6.07) is 16.4. The van der Waals surface area contributed by atoms with Crippen LogP contribution in [0, 0.1) is 0 Å². The standard InChI is InChI=1S/C16H18N2O2/c1-20-15-10-6-5-9-14(15)18-16(19)13(17)11-12-7-3-2-4-8-12/h2-10,13H,11,17H2,1H3,(H,18,19)/t13-/m1/s1. The first-order valence-corrected chi connectivity index (χ1v) is 6.44. The van der Waals surface area contributed by atoms with Gasteiger partial charge in [-0.05, 0) is 24.1 Å². The van der Waals surface area contributed by atoms with Gasteiger partial charge in [0.15, 0.2) is 0 Å². The molecule has 0 aromatic heterocycles. The molecular weight excluding hydrogens is 252 g/mol. The Kier molecular flexibility index (Phi) is 4.74. The fourth-order valence-corrected chi connectivity index (χ4v) is 1.93. The molecule has 1 atom stereocenters. The molecule has 104 valence electrons. The Morgan fingerprint density at radius 3 is 2.50 bits per heavy atom. The highest BCUT2D eigenvalue weighted by Gasteiger charge is 2.15. The number of para-hydroxylation sites is 2. The van der Waals surface area contributed by atoms with E-state index in [0.29, 0.717) is 17.9 Å². The van der Waals surface area contributed by atoms with E-state index < -0.39 is 6.04 Å². The smallest absolute Gasteiger partial charge is 0.241 e. The van der Waals surface area contributed by atoms with E-state index in [4.69, 9.17) is 10.5 Å². The Labute approximate surface area is 118 Å². The van der Waals surface area contributed by atoms with Gasteiger partial charge in [-0.1, -0.05) is 42.5 Å². The number of benzene rings is 2. The molecule has 4 heteroatoms. The minimum atomic E-state index is -0.595. The van der Waals surface area contributed by atoms with Crippen LogP contribution in [0.1, 0.15) is 5.56 Å². The van der Waals surface area contributed by atoms with Gasteiger partial charge in [0.1, 0.15) is 5.75 Å². The number of nitrogens with one attached hydrogen (secondary N) is 1. The molecule has 0 radical (unpaired) electrons. The first-order chi connectivity index (χ1) is 9.70. The van der Waals surface area contributed by atoms with Crippen molar-refractivity contribution >= 4 is 11.6 Å². The van der Waals surface area contributed by atoms with Gasteiger partial charge in [-0.2, -0.15) is 0 Å². The number of nitrogens with two attached hydrogens (primary N) is 1. The highest BCUT2D eigenvalue weighted by molar-refractivity contribution is 5.96. The molecule has 0 heterocycles. The highest BCUT2D eigenvalue weighted by Crippen LogP contribution is 2.23. The normalized spacial score (nSPS) is 11.7. The lowest BCUT2D eigenvalue weighted by molar-refractivity contribution is -0.117. The fraction of sp³-hybridized carbons (Fsp3) is 0.188. The van der Waals surface area contributed by atoms with E-state index >= 15 is 0 Å². The Hall–Kier alpha value is -2.33. The van der Waals surface area contributed by atoms with Gasteiger partial charge in [-0.3, -0.25) is 4.79 Å². The number of hydrogen-bond donors (Lipinski definition) is 2. The van der Waals surface area contributed by atoms with Crippen LogP contribution >= 0.6 is 0 Å². The van der Waals surface area contributed by atoms with E-state index in [2.05, 4.69) is 5.32 Å². The van der Waals surface area contributed by atoms with Crippen LogP contribution in [-0.2, 0) is 11.2 Å². The summed E-state index contributed by atoms with van der Waals surface area (Å²) in [6.45, 7) is 0. The summed E-state index contributed by atoms with van der Waals surface area (Å²) in [5.41, 5.74) is 7.60. The summed E-state index contributed by atoms with van der Waals surface area (Å²) in [4.78, 5) is 12.1. The fourth-order valence-electron chi connectivity index (χ4n) is 1.93. The molecule has 0 saturated carbocycles. The van der Waals surface area contributed by atoms with Gasteiger partial charge in [0.05, 0.1) is 18.8 Å². The summed E-state index contributed by atoms with van der Waals surface area (Å²) in [6.07, 6.45) is 0.502. The van der Waals surface area contributed by atoms with Gasteiger partial charge in [0.25, 0.3) is 0 Å². The second-order valence-corrected chi connectivity index (χ2v) is 4.49. The molecule has 3 N–H and O–H groups in total. The second kappa shape index (κ2) is 6.73. The zero-order valence-corrected chi connectivity index (χ0v) is 11.4. The minimum absolute atomic E-state index is 0.224. The maximum absolute atomic E-state index is 12.1. The Morgan fingerprint density at radius 2 is 1.80 bits per heavy atom. The SMILES string of the molecule is COc1ccccc1NC(=O)[C@H](N)Cc1ccccc1. The van der Waals surface area contributed by atoms with Crippen LogP contribution in [0.5, 0.6) is 5.75 Å². The van der Waals surface area contributed by atoms with E-state index in [1.54, 1.807) is 19.2 Å². The van der Waals surface area contributed by atoms with Crippen molar-refractivity contribution in [3.05, 3.63) is 60.2 Å². The number of anilines is 1. The third-order valence-corrected chi connectivity index (χ3v) is 3.00. The van der Waals surface area contributed by atoms with Crippen molar-refractivity contribution in [3.8, 4) is 5.75 Å². The summed E-state index contributed by atoms with van der Waals surface area (Å²) >= 11 is 0. The van der Waals surface area contributed by atoms with Crippen LogP contribution in [0.4, 0.5) is 5.69 Å². The zero-order chi connectivity index (χ0) is 14.4. The van der Waals surface area contributed by atoms with Gasteiger partial charge in [0, 0.05) is 0 Å².